The second-order valence-corrected chi connectivity index (χ2v) is 7.64. The molecule has 0 radical (unpaired) electrons. The number of carbonyl (C=O) groups excluding carboxylic acids is 3. The van der Waals surface area contributed by atoms with Crippen LogP contribution in [0.5, 0.6) is 0 Å². The van der Waals surface area contributed by atoms with E-state index in [1.165, 1.54) is 11.2 Å². The van der Waals surface area contributed by atoms with E-state index in [0.717, 1.165) is 30.6 Å². The van der Waals surface area contributed by atoms with Crippen LogP contribution < -0.4 is 10.6 Å². The summed E-state index contributed by atoms with van der Waals surface area (Å²) in [6.45, 7) is 4.45. The molecule has 10 nitrogen and oxygen atoms in total. The van der Waals surface area contributed by atoms with E-state index >= 15 is 0 Å². The van der Waals surface area contributed by atoms with Gasteiger partial charge in [-0.3, -0.25) is 10.1 Å². The van der Waals surface area contributed by atoms with E-state index in [4.69, 9.17) is 0 Å². The van der Waals surface area contributed by atoms with Gasteiger partial charge in [-0.05, 0) is 39.5 Å². The molecule has 0 spiro atoms. The zero-order chi connectivity index (χ0) is 19.3. The topological polar surface area (TPSA) is 118 Å². The molecule has 0 aliphatic carbocycles. The highest BCUT2D eigenvalue weighted by molar-refractivity contribution is 6.09. The van der Waals surface area contributed by atoms with Crippen LogP contribution in [-0.4, -0.2) is 87.2 Å². The van der Waals surface area contributed by atoms with Crippen LogP contribution in [0.4, 0.5) is 9.59 Å². The molecule has 10 heteroatoms. The summed E-state index contributed by atoms with van der Waals surface area (Å²) in [6.07, 6.45) is 4.08. The van der Waals surface area contributed by atoms with E-state index in [9.17, 15) is 19.5 Å². The van der Waals surface area contributed by atoms with Gasteiger partial charge in [0.2, 0.25) is 0 Å². The zero-order valence-corrected chi connectivity index (χ0v) is 15.6. The van der Waals surface area contributed by atoms with E-state index < -0.39 is 29.9 Å². The van der Waals surface area contributed by atoms with E-state index in [0.29, 0.717) is 25.2 Å². The molecular formula is C17H26N6O4. The summed E-state index contributed by atoms with van der Waals surface area (Å²) in [5.74, 6) is -0.892. The van der Waals surface area contributed by atoms with Gasteiger partial charge < -0.3 is 20.2 Å². The summed E-state index contributed by atoms with van der Waals surface area (Å²) in [6, 6.07) is -0.621. The number of imide groups is 2. The molecule has 2 bridgehead atoms. The predicted molar refractivity (Wildman–Crippen MR) is 95.7 cm³/mol. The highest BCUT2D eigenvalue weighted by atomic mass is 16.3. The van der Waals surface area contributed by atoms with Gasteiger partial charge >= 0.3 is 12.1 Å². The minimum Gasteiger partial charge on any atom is -0.359 e. The average molecular weight is 378 g/mol. The Labute approximate surface area is 157 Å². The molecule has 4 aliphatic heterocycles. The molecule has 4 rings (SSSR count). The first-order valence-electron chi connectivity index (χ1n) is 9.63. The number of nitrogens with zero attached hydrogens (tertiary/aromatic N) is 4. The Morgan fingerprint density at radius 3 is 2.52 bits per heavy atom. The number of aliphatic imine (C=N–C) groups is 1. The number of amides is 5. The molecule has 27 heavy (non-hydrogen) atoms. The Hall–Kier alpha value is -2.20. The maximum absolute atomic E-state index is 13.0. The average Bonchev–Trinajstić information content (AvgIpc) is 3.17. The van der Waals surface area contributed by atoms with Crippen molar-refractivity contribution in [3.63, 3.8) is 0 Å². The van der Waals surface area contributed by atoms with Crippen molar-refractivity contribution in [2.45, 2.75) is 69.5 Å². The maximum Gasteiger partial charge on any atom is 0.334 e. The summed E-state index contributed by atoms with van der Waals surface area (Å²) in [5, 5.41) is 16.6. The van der Waals surface area contributed by atoms with Crippen molar-refractivity contribution in [3.8, 4) is 0 Å². The lowest BCUT2D eigenvalue weighted by atomic mass is 9.96. The van der Waals surface area contributed by atoms with Crippen molar-refractivity contribution in [1.82, 2.24) is 25.3 Å². The smallest absolute Gasteiger partial charge is 0.334 e. The monoisotopic (exact) mass is 378 g/mol. The zero-order valence-electron chi connectivity index (χ0n) is 15.6. The molecule has 5 amide bonds. The van der Waals surface area contributed by atoms with Gasteiger partial charge in [-0.1, -0.05) is 0 Å². The number of hydrogen-bond donors (Lipinski definition) is 3. The Bertz CT molecular complexity index is 683. The van der Waals surface area contributed by atoms with Gasteiger partial charge in [-0.2, -0.15) is 0 Å². The standard InChI is InChI=1S/C17H26N6O4/c1-3-21(4-2)16(26)23-14-17(27,13(24)20-15(23)25)18-9-22(14)12-7-10-5-6-11(8-12)19-10/h9-12,14,19,27H,3-8H2,1-2H3,(H,20,24,25). The molecule has 4 aliphatic rings. The van der Waals surface area contributed by atoms with Gasteiger partial charge in [0, 0.05) is 31.2 Å². The Balaban J connectivity index is 1.68. The molecule has 4 atom stereocenters. The Morgan fingerprint density at radius 2 is 1.93 bits per heavy atom. The van der Waals surface area contributed by atoms with Crippen LogP contribution in [0.25, 0.3) is 0 Å². The highest BCUT2D eigenvalue weighted by Gasteiger charge is 2.62. The SMILES string of the molecule is CCN(CC)C(=O)N1C(=O)NC(=O)C2(O)N=CN(C3CC4CCC(C3)N4)C12. The summed E-state index contributed by atoms with van der Waals surface area (Å²) < 4.78 is 0. The van der Waals surface area contributed by atoms with Gasteiger partial charge in [-0.15, -0.1) is 0 Å². The number of nitrogens with one attached hydrogen (secondary N) is 2. The second-order valence-electron chi connectivity index (χ2n) is 7.64. The number of aliphatic hydroxyl groups is 1. The van der Waals surface area contributed by atoms with Gasteiger partial charge in [0.05, 0.1) is 6.34 Å². The van der Waals surface area contributed by atoms with Gasteiger partial charge in [0.15, 0.2) is 6.17 Å². The lowest BCUT2D eigenvalue weighted by Gasteiger charge is -2.47. The van der Waals surface area contributed by atoms with Crippen LogP contribution in [0.3, 0.4) is 0 Å². The van der Waals surface area contributed by atoms with E-state index in [2.05, 4.69) is 15.6 Å². The Kier molecular flexibility index (Phi) is 4.34. The number of urea groups is 2. The quantitative estimate of drug-likeness (QED) is 0.617. The number of piperidine rings is 1. The van der Waals surface area contributed by atoms with Crippen LogP contribution in [0.2, 0.25) is 0 Å². The van der Waals surface area contributed by atoms with E-state index in [1.54, 1.807) is 4.90 Å². The van der Waals surface area contributed by atoms with Crippen molar-refractivity contribution >= 4 is 24.3 Å². The minimum atomic E-state index is -2.18. The lowest BCUT2D eigenvalue weighted by Crippen LogP contribution is -2.74. The summed E-state index contributed by atoms with van der Waals surface area (Å²) >= 11 is 0. The molecule has 0 aromatic heterocycles. The van der Waals surface area contributed by atoms with Gasteiger partial charge in [0.1, 0.15) is 0 Å². The van der Waals surface area contributed by atoms with Crippen LogP contribution in [0.1, 0.15) is 39.5 Å². The predicted octanol–water partition coefficient (Wildman–Crippen LogP) is -0.358. The number of rotatable bonds is 3. The normalized spacial score (nSPS) is 37.4. The summed E-state index contributed by atoms with van der Waals surface area (Å²) in [5.41, 5.74) is -2.18. The fourth-order valence-electron chi connectivity index (χ4n) is 4.74. The fraction of sp³-hybridized carbons (Fsp3) is 0.765. The van der Waals surface area contributed by atoms with Crippen LogP contribution in [-0.2, 0) is 4.79 Å². The first-order chi connectivity index (χ1) is 12.9. The van der Waals surface area contributed by atoms with E-state index in [1.807, 2.05) is 13.8 Å². The minimum absolute atomic E-state index is 0.00257. The molecule has 0 aromatic rings. The molecule has 148 valence electrons. The third-order valence-electron chi connectivity index (χ3n) is 6.16. The van der Waals surface area contributed by atoms with E-state index in [-0.39, 0.29) is 6.04 Å². The van der Waals surface area contributed by atoms with Crippen LogP contribution in [0, 0.1) is 0 Å². The molecule has 3 fully saturated rings. The number of hydrogen-bond acceptors (Lipinski definition) is 7. The molecule has 4 heterocycles. The maximum atomic E-state index is 13.0. The molecule has 3 N–H and O–H groups in total. The highest BCUT2D eigenvalue weighted by Crippen LogP contribution is 2.37. The first kappa shape index (κ1) is 18.2. The third-order valence-corrected chi connectivity index (χ3v) is 6.16. The second kappa shape index (κ2) is 6.45. The van der Waals surface area contributed by atoms with Crippen molar-refractivity contribution in [1.29, 1.82) is 0 Å². The number of fused-ring (bicyclic) bond motifs is 3. The van der Waals surface area contributed by atoms with Crippen molar-refractivity contribution < 1.29 is 19.5 Å². The molecule has 3 saturated heterocycles. The van der Waals surface area contributed by atoms with Crippen molar-refractivity contribution in [2.24, 2.45) is 4.99 Å². The first-order valence-corrected chi connectivity index (χ1v) is 9.63. The molecule has 0 saturated carbocycles. The van der Waals surface area contributed by atoms with Gasteiger partial charge in [0.25, 0.3) is 11.6 Å². The molecule has 4 unspecified atom stereocenters. The van der Waals surface area contributed by atoms with Crippen molar-refractivity contribution in [3.05, 3.63) is 0 Å². The lowest BCUT2D eigenvalue weighted by molar-refractivity contribution is -0.152. The molecular weight excluding hydrogens is 352 g/mol. The van der Waals surface area contributed by atoms with Crippen LogP contribution >= 0.6 is 0 Å². The summed E-state index contributed by atoms with van der Waals surface area (Å²) in [7, 11) is 0. The van der Waals surface area contributed by atoms with Crippen molar-refractivity contribution in [2.75, 3.05) is 13.1 Å². The number of carbonyl (C=O) groups is 3. The van der Waals surface area contributed by atoms with Gasteiger partial charge in [-0.25, -0.2) is 19.5 Å². The Morgan fingerprint density at radius 1 is 1.30 bits per heavy atom. The fourth-order valence-corrected chi connectivity index (χ4v) is 4.74. The van der Waals surface area contributed by atoms with Crippen LogP contribution in [0.15, 0.2) is 4.99 Å². The molecule has 0 aromatic carbocycles. The summed E-state index contributed by atoms with van der Waals surface area (Å²) in [4.78, 5) is 46.2. The largest absolute Gasteiger partial charge is 0.359 e. The third kappa shape index (κ3) is 2.69.